The van der Waals surface area contributed by atoms with Crippen molar-refractivity contribution >= 4 is 17.6 Å². The van der Waals surface area contributed by atoms with E-state index in [1.807, 2.05) is 54.3 Å². The number of nitrogens with one attached hydrogen (secondary N) is 1. The van der Waals surface area contributed by atoms with E-state index in [1.165, 1.54) is 0 Å². The summed E-state index contributed by atoms with van der Waals surface area (Å²) in [5.74, 6) is 0.532. The van der Waals surface area contributed by atoms with Crippen molar-refractivity contribution in [2.24, 2.45) is 5.92 Å². The van der Waals surface area contributed by atoms with Crippen LogP contribution < -0.4 is 5.32 Å². The number of piperidine rings is 1. The summed E-state index contributed by atoms with van der Waals surface area (Å²) in [5.41, 5.74) is 1.76. The molecule has 0 bridgehead atoms. The third-order valence-electron chi connectivity index (χ3n) is 4.34. The van der Waals surface area contributed by atoms with Gasteiger partial charge >= 0.3 is 0 Å². The molecule has 0 saturated carbocycles. The Morgan fingerprint density at radius 1 is 1.12 bits per heavy atom. The molecule has 1 N–H and O–H groups in total. The fourth-order valence-corrected chi connectivity index (χ4v) is 2.94. The highest BCUT2D eigenvalue weighted by Crippen LogP contribution is 2.20. The highest BCUT2D eigenvalue weighted by molar-refractivity contribution is 5.95. The molecular formula is C19H21N3O2. The van der Waals surface area contributed by atoms with Crippen LogP contribution in [-0.2, 0) is 4.79 Å². The second-order valence-corrected chi connectivity index (χ2v) is 6.14. The molecule has 0 radical (unpaired) electrons. The Hall–Kier alpha value is -2.69. The molecule has 1 aromatic heterocycles. The summed E-state index contributed by atoms with van der Waals surface area (Å²) in [6.45, 7) is 3.17. The number of pyridine rings is 1. The van der Waals surface area contributed by atoms with Gasteiger partial charge in [-0.05, 0) is 49.6 Å². The summed E-state index contributed by atoms with van der Waals surface area (Å²) < 4.78 is 0. The molecule has 0 spiro atoms. The third kappa shape index (κ3) is 3.79. The van der Waals surface area contributed by atoms with E-state index in [0.29, 0.717) is 37.3 Å². The number of carbonyl (C=O) groups is 2. The first-order valence-corrected chi connectivity index (χ1v) is 8.21. The molecule has 1 saturated heterocycles. The molecule has 2 amide bonds. The number of amides is 2. The Kier molecular flexibility index (Phi) is 4.89. The minimum Gasteiger partial charge on any atom is -0.339 e. The van der Waals surface area contributed by atoms with Gasteiger partial charge in [-0.1, -0.05) is 18.2 Å². The predicted octanol–water partition coefficient (Wildman–Crippen LogP) is 2.88. The minimum absolute atomic E-state index is 0.0140. The van der Waals surface area contributed by atoms with Gasteiger partial charge in [0, 0.05) is 30.8 Å². The van der Waals surface area contributed by atoms with Crippen LogP contribution in [0.2, 0.25) is 0 Å². The number of likely N-dealkylation sites (tertiary alicyclic amines) is 1. The molecule has 124 valence electrons. The zero-order valence-electron chi connectivity index (χ0n) is 13.7. The average Bonchev–Trinajstić information content (AvgIpc) is 2.62. The Balaban J connectivity index is 1.55. The first kappa shape index (κ1) is 16.2. The maximum atomic E-state index is 12.4. The molecule has 3 rings (SSSR count). The van der Waals surface area contributed by atoms with Crippen LogP contribution in [0, 0.1) is 12.8 Å². The van der Waals surface area contributed by atoms with Gasteiger partial charge in [0.25, 0.3) is 5.91 Å². The summed E-state index contributed by atoms with van der Waals surface area (Å²) in [5, 5.41) is 2.87. The van der Waals surface area contributed by atoms with Gasteiger partial charge in [-0.3, -0.25) is 9.59 Å². The molecule has 1 fully saturated rings. The van der Waals surface area contributed by atoms with Crippen molar-refractivity contribution in [2.45, 2.75) is 19.8 Å². The molecule has 5 heteroatoms. The van der Waals surface area contributed by atoms with Crippen molar-refractivity contribution in [1.29, 1.82) is 0 Å². The van der Waals surface area contributed by atoms with Crippen LogP contribution in [0.25, 0.3) is 0 Å². The Labute approximate surface area is 141 Å². The lowest BCUT2D eigenvalue weighted by Gasteiger charge is -2.31. The molecular weight excluding hydrogens is 302 g/mol. The Morgan fingerprint density at radius 2 is 1.83 bits per heavy atom. The first-order chi connectivity index (χ1) is 11.6. The van der Waals surface area contributed by atoms with Crippen LogP contribution in [0.15, 0.2) is 48.7 Å². The molecule has 1 aromatic carbocycles. The molecule has 0 aliphatic carbocycles. The first-order valence-electron chi connectivity index (χ1n) is 8.21. The number of nitrogens with zero attached hydrogens (tertiary/aromatic N) is 2. The Bertz CT molecular complexity index is 722. The lowest BCUT2D eigenvalue weighted by atomic mass is 9.95. The molecule has 5 nitrogen and oxygen atoms in total. The van der Waals surface area contributed by atoms with E-state index in [0.717, 1.165) is 5.56 Å². The molecule has 0 atom stereocenters. The van der Waals surface area contributed by atoms with E-state index in [9.17, 15) is 9.59 Å². The molecule has 2 heterocycles. The summed E-state index contributed by atoms with van der Waals surface area (Å²) in [7, 11) is 0. The van der Waals surface area contributed by atoms with E-state index >= 15 is 0 Å². The predicted molar refractivity (Wildman–Crippen MR) is 92.7 cm³/mol. The number of rotatable bonds is 3. The number of anilines is 1. The van der Waals surface area contributed by atoms with E-state index in [1.54, 1.807) is 6.20 Å². The van der Waals surface area contributed by atoms with Crippen LogP contribution in [0.3, 0.4) is 0 Å². The number of benzene rings is 1. The van der Waals surface area contributed by atoms with Crippen LogP contribution in [-0.4, -0.2) is 34.8 Å². The summed E-state index contributed by atoms with van der Waals surface area (Å²) in [4.78, 5) is 30.8. The van der Waals surface area contributed by atoms with E-state index in [4.69, 9.17) is 0 Å². The zero-order valence-corrected chi connectivity index (χ0v) is 13.7. The SMILES string of the molecule is Cc1ccnc(NC(=O)C2CCN(C(=O)c3ccccc3)CC2)c1. The van der Waals surface area contributed by atoms with Crippen molar-refractivity contribution < 1.29 is 9.59 Å². The fourth-order valence-electron chi connectivity index (χ4n) is 2.94. The van der Waals surface area contributed by atoms with Crippen LogP contribution in [0.5, 0.6) is 0 Å². The summed E-state index contributed by atoms with van der Waals surface area (Å²) in [6.07, 6.45) is 3.04. The van der Waals surface area contributed by atoms with Crippen molar-refractivity contribution in [2.75, 3.05) is 18.4 Å². The summed E-state index contributed by atoms with van der Waals surface area (Å²) in [6, 6.07) is 13.0. The van der Waals surface area contributed by atoms with Crippen molar-refractivity contribution in [1.82, 2.24) is 9.88 Å². The monoisotopic (exact) mass is 323 g/mol. The van der Waals surface area contributed by atoms with Crippen LogP contribution in [0.4, 0.5) is 5.82 Å². The summed E-state index contributed by atoms with van der Waals surface area (Å²) >= 11 is 0. The average molecular weight is 323 g/mol. The van der Waals surface area contributed by atoms with E-state index in [2.05, 4.69) is 10.3 Å². The second kappa shape index (κ2) is 7.25. The number of hydrogen-bond donors (Lipinski definition) is 1. The lowest BCUT2D eigenvalue weighted by Crippen LogP contribution is -2.41. The van der Waals surface area contributed by atoms with Gasteiger partial charge in [0.05, 0.1) is 0 Å². The molecule has 24 heavy (non-hydrogen) atoms. The largest absolute Gasteiger partial charge is 0.339 e. The number of hydrogen-bond acceptors (Lipinski definition) is 3. The zero-order chi connectivity index (χ0) is 16.9. The van der Waals surface area contributed by atoms with Gasteiger partial charge in [0.2, 0.25) is 5.91 Å². The van der Waals surface area contributed by atoms with Gasteiger partial charge in [0.15, 0.2) is 0 Å². The van der Waals surface area contributed by atoms with Gasteiger partial charge in [-0.25, -0.2) is 4.98 Å². The standard InChI is InChI=1S/C19H21N3O2/c1-14-7-10-20-17(13-14)21-18(23)15-8-11-22(12-9-15)19(24)16-5-3-2-4-6-16/h2-7,10,13,15H,8-9,11-12H2,1H3,(H,20,21,23). The smallest absolute Gasteiger partial charge is 0.253 e. The van der Waals surface area contributed by atoms with E-state index < -0.39 is 0 Å². The van der Waals surface area contributed by atoms with Gasteiger partial charge in [-0.15, -0.1) is 0 Å². The molecule has 1 aliphatic heterocycles. The van der Waals surface area contributed by atoms with Crippen molar-refractivity contribution in [3.8, 4) is 0 Å². The minimum atomic E-state index is -0.0767. The Morgan fingerprint density at radius 3 is 2.50 bits per heavy atom. The number of aryl methyl sites for hydroxylation is 1. The van der Waals surface area contributed by atoms with Crippen LogP contribution in [0.1, 0.15) is 28.8 Å². The van der Waals surface area contributed by atoms with Gasteiger partial charge < -0.3 is 10.2 Å². The van der Waals surface area contributed by atoms with Crippen LogP contribution >= 0.6 is 0 Å². The maximum Gasteiger partial charge on any atom is 0.253 e. The topological polar surface area (TPSA) is 62.3 Å². The van der Waals surface area contributed by atoms with Gasteiger partial charge in [0.1, 0.15) is 5.82 Å². The quantitative estimate of drug-likeness (QED) is 0.945. The van der Waals surface area contributed by atoms with E-state index in [-0.39, 0.29) is 17.7 Å². The molecule has 1 aliphatic rings. The van der Waals surface area contributed by atoms with Crippen molar-refractivity contribution in [3.63, 3.8) is 0 Å². The lowest BCUT2D eigenvalue weighted by molar-refractivity contribution is -0.121. The highest BCUT2D eigenvalue weighted by atomic mass is 16.2. The highest BCUT2D eigenvalue weighted by Gasteiger charge is 2.27. The fraction of sp³-hybridized carbons (Fsp3) is 0.316. The van der Waals surface area contributed by atoms with Crippen molar-refractivity contribution in [3.05, 3.63) is 59.8 Å². The normalized spacial score (nSPS) is 15.1. The number of aromatic nitrogens is 1. The van der Waals surface area contributed by atoms with Gasteiger partial charge in [-0.2, -0.15) is 0 Å². The second-order valence-electron chi connectivity index (χ2n) is 6.14. The molecule has 0 unspecified atom stereocenters. The molecule has 2 aromatic rings. The third-order valence-corrected chi connectivity index (χ3v) is 4.34. The number of carbonyl (C=O) groups excluding carboxylic acids is 2. The maximum absolute atomic E-state index is 12.4.